The Kier molecular flexibility index (Phi) is 5.99. The number of imidazole rings is 1. The van der Waals surface area contributed by atoms with Gasteiger partial charge in [-0.15, -0.1) is 0 Å². The van der Waals surface area contributed by atoms with Crippen LogP contribution in [0.25, 0.3) is 27.8 Å². The number of anilines is 1. The molecular formula is C23H24ClFN6O2. The minimum Gasteiger partial charge on any atom is -0.381 e. The van der Waals surface area contributed by atoms with Crippen molar-refractivity contribution in [2.75, 3.05) is 12.4 Å². The van der Waals surface area contributed by atoms with Crippen LogP contribution in [0.1, 0.15) is 50.0 Å². The number of carbonyl (C=O) groups excluding carboxylic acids is 1. The van der Waals surface area contributed by atoms with Crippen LogP contribution in [0.5, 0.6) is 0 Å². The number of amides is 1. The number of hydrogen-bond acceptors (Lipinski definition) is 5. The Balaban J connectivity index is 0.000000705. The highest BCUT2D eigenvalue weighted by Gasteiger charge is 2.34. The van der Waals surface area contributed by atoms with Crippen molar-refractivity contribution in [1.82, 2.24) is 24.6 Å². The van der Waals surface area contributed by atoms with Crippen molar-refractivity contribution < 1.29 is 13.9 Å². The van der Waals surface area contributed by atoms with E-state index in [-0.39, 0.29) is 17.0 Å². The first-order chi connectivity index (χ1) is 16.1. The van der Waals surface area contributed by atoms with Crippen LogP contribution in [0.15, 0.2) is 24.8 Å². The molecule has 1 aromatic carbocycles. The molecular weight excluding hydrogens is 447 g/mol. The van der Waals surface area contributed by atoms with Crippen molar-refractivity contribution in [3.05, 3.63) is 41.2 Å². The second-order valence-corrected chi connectivity index (χ2v) is 8.75. The summed E-state index contributed by atoms with van der Waals surface area (Å²) < 4.78 is 22.9. The standard InChI is InChI=1S/C20H18ClFN6O2.C3H6/c1-30-13-4-2-3-10(13)17-19(22)18(21)16(11-5-25-27-20(11)17)12-7-28-8-14(24-9-29)26-15(28)6-23-12;1-2-3-1/h5-10,13H,2-4H2,1H3,(H,24,29)(H,25,27);1-3H2. The zero-order chi connectivity index (χ0) is 22.9. The van der Waals surface area contributed by atoms with E-state index in [4.69, 9.17) is 16.3 Å². The van der Waals surface area contributed by atoms with Gasteiger partial charge in [0.05, 0.1) is 40.9 Å². The first-order valence-corrected chi connectivity index (χ1v) is 11.4. The van der Waals surface area contributed by atoms with Crippen LogP contribution in [-0.4, -0.2) is 44.2 Å². The average molecular weight is 471 g/mol. The largest absolute Gasteiger partial charge is 0.381 e. The molecule has 33 heavy (non-hydrogen) atoms. The van der Waals surface area contributed by atoms with Gasteiger partial charge < -0.3 is 14.5 Å². The summed E-state index contributed by atoms with van der Waals surface area (Å²) >= 11 is 6.56. The van der Waals surface area contributed by atoms with Gasteiger partial charge in [0, 0.05) is 35.7 Å². The lowest BCUT2D eigenvalue weighted by molar-refractivity contribution is -0.105. The fraction of sp³-hybridized carbons (Fsp3) is 0.391. The van der Waals surface area contributed by atoms with Gasteiger partial charge in [0.1, 0.15) is 5.82 Å². The third kappa shape index (κ3) is 4.06. The Labute approximate surface area is 194 Å². The summed E-state index contributed by atoms with van der Waals surface area (Å²) in [7, 11) is 1.65. The number of ether oxygens (including phenoxy) is 1. The summed E-state index contributed by atoms with van der Waals surface area (Å²) in [5, 5.41) is 10.3. The molecule has 0 saturated heterocycles. The molecule has 2 unspecified atom stereocenters. The molecule has 2 atom stereocenters. The van der Waals surface area contributed by atoms with E-state index in [0.717, 1.165) is 19.3 Å². The average Bonchev–Trinajstić information content (AvgIpc) is 3.33. The maximum Gasteiger partial charge on any atom is 0.212 e. The van der Waals surface area contributed by atoms with Crippen LogP contribution in [-0.2, 0) is 9.53 Å². The van der Waals surface area contributed by atoms with Crippen LogP contribution in [0.4, 0.5) is 10.2 Å². The van der Waals surface area contributed by atoms with Gasteiger partial charge >= 0.3 is 0 Å². The van der Waals surface area contributed by atoms with Crippen LogP contribution in [0, 0.1) is 5.82 Å². The molecule has 1 amide bonds. The van der Waals surface area contributed by atoms with Crippen molar-refractivity contribution in [3.8, 4) is 11.3 Å². The number of halogens is 2. The summed E-state index contributed by atoms with van der Waals surface area (Å²) in [6.45, 7) is 0. The fourth-order valence-electron chi connectivity index (χ4n) is 4.43. The Morgan fingerprint density at radius 3 is 2.79 bits per heavy atom. The topological polar surface area (TPSA) is 97.2 Å². The van der Waals surface area contributed by atoms with Gasteiger partial charge in [0.2, 0.25) is 6.41 Å². The molecule has 3 aromatic heterocycles. The lowest BCUT2D eigenvalue weighted by atomic mass is 9.91. The number of methoxy groups -OCH3 is 1. The normalized spacial score (nSPS) is 19.5. The maximum atomic E-state index is 15.6. The maximum absolute atomic E-state index is 15.6. The van der Waals surface area contributed by atoms with Crippen LogP contribution in [0.3, 0.4) is 0 Å². The molecule has 2 saturated carbocycles. The minimum atomic E-state index is -0.479. The van der Waals surface area contributed by atoms with Gasteiger partial charge in [-0.1, -0.05) is 37.3 Å². The van der Waals surface area contributed by atoms with E-state index in [0.29, 0.717) is 45.6 Å². The number of H-pyrrole nitrogens is 1. The van der Waals surface area contributed by atoms with Crippen molar-refractivity contribution in [3.63, 3.8) is 0 Å². The van der Waals surface area contributed by atoms with Crippen molar-refractivity contribution in [2.45, 2.75) is 50.5 Å². The number of hydrogen-bond donors (Lipinski definition) is 2. The monoisotopic (exact) mass is 470 g/mol. The lowest BCUT2D eigenvalue weighted by Crippen LogP contribution is -2.16. The molecule has 2 fully saturated rings. The smallest absolute Gasteiger partial charge is 0.212 e. The Morgan fingerprint density at radius 1 is 1.24 bits per heavy atom. The summed E-state index contributed by atoms with van der Waals surface area (Å²) in [4.78, 5) is 19.3. The molecule has 3 heterocycles. The molecule has 0 radical (unpaired) electrons. The molecule has 0 spiro atoms. The molecule has 172 valence electrons. The number of carbonyl (C=O) groups is 1. The Bertz CT molecular complexity index is 1310. The molecule has 0 bridgehead atoms. The van der Waals surface area contributed by atoms with E-state index in [1.807, 2.05) is 0 Å². The highest BCUT2D eigenvalue weighted by molar-refractivity contribution is 6.35. The van der Waals surface area contributed by atoms with E-state index in [9.17, 15) is 4.79 Å². The molecule has 8 nitrogen and oxygen atoms in total. The highest BCUT2D eigenvalue weighted by atomic mass is 35.5. The molecule has 2 aliphatic rings. The molecule has 2 N–H and O–H groups in total. The van der Waals surface area contributed by atoms with Gasteiger partial charge in [-0.3, -0.25) is 14.9 Å². The van der Waals surface area contributed by atoms with Gasteiger partial charge in [-0.2, -0.15) is 5.10 Å². The van der Waals surface area contributed by atoms with Gasteiger partial charge in [-0.25, -0.2) is 9.37 Å². The van der Waals surface area contributed by atoms with Gasteiger partial charge in [0.25, 0.3) is 0 Å². The highest BCUT2D eigenvalue weighted by Crippen LogP contribution is 2.45. The predicted molar refractivity (Wildman–Crippen MR) is 124 cm³/mol. The van der Waals surface area contributed by atoms with Crippen LogP contribution < -0.4 is 5.32 Å². The van der Waals surface area contributed by atoms with Gasteiger partial charge in [0.15, 0.2) is 11.5 Å². The minimum absolute atomic E-state index is 0.00106. The summed E-state index contributed by atoms with van der Waals surface area (Å²) in [6.07, 6.45) is 14.2. The van der Waals surface area contributed by atoms with Crippen molar-refractivity contribution in [2.24, 2.45) is 0 Å². The molecule has 6 rings (SSSR count). The number of benzene rings is 1. The summed E-state index contributed by atoms with van der Waals surface area (Å²) in [5.74, 6) is -0.185. The fourth-order valence-corrected chi connectivity index (χ4v) is 4.73. The van der Waals surface area contributed by atoms with E-state index >= 15 is 4.39 Å². The van der Waals surface area contributed by atoms with E-state index < -0.39 is 5.82 Å². The Hall–Kier alpha value is -3.04. The van der Waals surface area contributed by atoms with E-state index in [1.165, 1.54) is 25.5 Å². The lowest BCUT2D eigenvalue weighted by Gasteiger charge is -2.21. The number of nitrogens with one attached hydrogen (secondary N) is 2. The van der Waals surface area contributed by atoms with Crippen LogP contribution in [0.2, 0.25) is 5.02 Å². The summed E-state index contributed by atoms with van der Waals surface area (Å²) in [6, 6.07) is 0. The quantitative estimate of drug-likeness (QED) is 0.396. The van der Waals surface area contributed by atoms with E-state index in [2.05, 4.69) is 25.5 Å². The number of fused-ring (bicyclic) bond motifs is 2. The second-order valence-electron chi connectivity index (χ2n) is 8.37. The first-order valence-electron chi connectivity index (χ1n) is 11.0. The molecule has 4 aromatic rings. The number of nitrogens with zero attached hydrogens (tertiary/aromatic N) is 4. The van der Waals surface area contributed by atoms with Crippen molar-refractivity contribution >= 4 is 40.4 Å². The summed E-state index contributed by atoms with van der Waals surface area (Å²) in [5.41, 5.74) is 2.58. The van der Waals surface area contributed by atoms with Crippen LogP contribution >= 0.6 is 11.6 Å². The van der Waals surface area contributed by atoms with E-state index in [1.54, 1.807) is 30.1 Å². The number of aromatic amines is 1. The third-order valence-corrected chi connectivity index (χ3v) is 6.47. The Morgan fingerprint density at radius 2 is 2.06 bits per heavy atom. The molecule has 2 aliphatic carbocycles. The number of aromatic nitrogens is 5. The molecule has 0 aliphatic heterocycles. The zero-order valence-electron chi connectivity index (χ0n) is 18.1. The second kappa shape index (κ2) is 9.07. The van der Waals surface area contributed by atoms with Gasteiger partial charge in [-0.05, 0) is 12.8 Å². The zero-order valence-corrected chi connectivity index (χ0v) is 18.9. The predicted octanol–water partition coefficient (Wildman–Crippen LogP) is 5.09. The number of rotatable bonds is 5. The third-order valence-electron chi connectivity index (χ3n) is 6.11. The van der Waals surface area contributed by atoms with Crippen molar-refractivity contribution in [1.29, 1.82) is 0 Å². The first kappa shape index (κ1) is 21.8. The molecule has 10 heteroatoms. The SMILES string of the molecule is C1CC1.COC1CCCC1c1c(F)c(Cl)c(-c2cn3cc(NC=O)nc3cn2)c2cn[nH]c12.